The molecule has 0 atom stereocenters. The monoisotopic (exact) mass is 492 g/mol. The molecule has 3 aromatic carbocycles. The molecule has 0 aliphatic heterocycles. The number of phenolic OH excluding ortho intramolecular Hbond substituents is 1. The second kappa shape index (κ2) is 10.6. The van der Waals surface area contributed by atoms with Crippen molar-refractivity contribution in [1.29, 1.82) is 0 Å². The highest BCUT2D eigenvalue weighted by atomic mass is 79.9. The summed E-state index contributed by atoms with van der Waals surface area (Å²) in [5.41, 5.74) is 2.21. The normalized spacial score (nSPS) is 10.7. The van der Waals surface area contributed by atoms with E-state index in [1.54, 1.807) is 66.7 Å². The molecule has 5 nitrogen and oxygen atoms in total. The molecule has 0 heterocycles. The minimum Gasteiger partial charge on any atom is -0.508 e. The summed E-state index contributed by atoms with van der Waals surface area (Å²) in [6, 6.07) is 16.4. The summed E-state index contributed by atoms with van der Waals surface area (Å²) in [6.07, 6.45) is 5.24. The van der Waals surface area contributed by atoms with Gasteiger partial charge >= 0.3 is 5.97 Å². The number of ketones is 1. The first-order valence-corrected chi connectivity index (χ1v) is 10.5. The van der Waals surface area contributed by atoms with Crippen LogP contribution in [0.3, 0.4) is 0 Å². The molecule has 3 aromatic rings. The molecule has 162 valence electrons. The molecule has 0 aliphatic carbocycles. The van der Waals surface area contributed by atoms with Gasteiger partial charge in [-0.15, -0.1) is 6.58 Å². The maximum atomic E-state index is 12.6. The lowest BCUT2D eigenvalue weighted by Gasteiger charge is -2.09. The van der Waals surface area contributed by atoms with Crippen LogP contribution >= 0.6 is 15.9 Å². The van der Waals surface area contributed by atoms with Crippen molar-refractivity contribution in [1.82, 2.24) is 0 Å². The first kappa shape index (κ1) is 23.0. The molecular weight excluding hydrogens is 472 g/mol. The van der Waals surface area contributed by atoms with Crippen molar-refractivity contribution in [2.45, 2.75) is 6.42 Å². The number of hydrogen-bond donors (Lipinski definition) is 1. The minimum atomic E-state index is -0.480. The first-order valence-electron chi connectivity index (χ1n) is 9.72. The van der Waals surface area contributed by atoms with Gasteiger partial charge in [-0.1, -0.05) is 22.0 Å². The van der Waals surface area contributed by atoms with Crippen molar-refractivity contribution >= 4 is 33.8 Å². The van der Waals surface area contributed by atoms with Crippen LogP contribution < -0.4 is 9.47 Å². The minimum absolute atomic E-state index is 0.110. The third kappa shape index (κ3) is 5.74. The highest BCUT2D eigenvalue weighted by Crippen LogP contribution is 2.30. The number of halogens is 1. The van der Waals surface area contributed by atoms with Gasteiger partial charge < -0.3 is 14.6 Å². The zero-order valence-electron chi connectivity index (χ0n) is 17.4. The number of aromatic hydroxyl groups is 1. The van der Waals surface area contributed by atoms with Gasteiger partial charge in [0.2, 0.25) is 0 Å². The van der Waals surface area contributed by atoms with Crippen molar-refractivity contribution in [3.8, 4) is 17.2 Å². The quantitative estimate of drug-likeness (QED) is 0.137. The van der Waals surface area contributed by atoms with E-state index < -0.39 is 5.97 Å². The standard InChI is InChI=1S/C26H21BrO5/c1-3-4-19-15-20(25(31-2)16-24(19)29)9-14-23(28)17-7-12-22(13-8-17)32-26(30)18-5-10-21(27)11-6-18/h3,5-16,29H,1,4H2,2H3/b14-9+. The van der Waals surface area contributed by atoms with Crippen molar-refractivity contribution in [3.05, 3.63) is 106 Å². The number of rotatable bonds is 8. The molecule has 6 heteroatoms. The molecule has 0 radical (unpaired) electrons. The number of methoxy groups -OCH3 is 1. The highest BCUT2D eigenvalue weighted by molar-refractivity contribution is 9.10. The smallest absolute Gasteiger partial charge is 0.343 e. The molecule has 0 fully saturated rings. The van der Waals surface area contributed by atoms with E-state index >= 15 is 0 Å². The maximum Gasteiger partial charge on any atom is 0.343 e. The van der Waals surface area contributed by atoms with Crippen LogP contribution in [-0.2, 0) is 6.42 Å². The van der Waals surface area contributed by atoms with Crippen molar-refractivity contribution in [2.24, 2.45) is 0 Å². The SMILES string of the molecule is C=CCc1cc(/C=C/C(=O)c2ccc(OC(=O)c3ccc(Br)cc3)cc2)c(OC)cc1O. The number of hydrogen-bond acceptors (Lipinski definition) is 5. The number of benzene rings is 3. The molecule has 32 heavy (non-hydrogen) atoms. The second-order valence-electron chi connectivity index (χ2n) is 6.83. The topological polar surface area (TPSA) is 72.8 Å². The van der Waals surface area contributed by atoms with Crippen LogP contribution in [0.25, 0.3) is 6.08 Å². The zero-order valence-corrected chi connectivity index (χ0v) is 19.0. The van der Waals surface area contributed by atoms with Crippen LogP contribution in [0.1, 0.15) is 31.8 Å². The van der Waals surface area contributed by atoms with E-state index in [-0.39, 0.29) is 11.5 Å². The first-order chi connectivity index (χ1) is 15.4. The van der Waals surface area contributed by atoms with Gasteiger partial charge in [0, 0.05) is 21.7 Å². The number of carbonyl (C=O) groups excluding carboxylic acids is 2. The van der Waals surface area contributed by atoms with Crippen LogP contribution in [0.15, 0.2) is 83.9 Å². The van der Waals surface area contributed by atoms with Gasteiger partial charge in [-0.2, -0.15) is 0 Å². The third-order valence-electron chi connectivity index (χ3n) is 4.64. The largest absolute Gasteiger partial charge is 0.508 e. The van der Waals surface area contributed by atoms with Gasteiger partial charge in [0.15, 0.2) is 5.78 Å². The Morgan fingerprint density at radius 2 is 1.69 bits per heavy atom. The maximum absolute atomic E-state index is 12.6. The Labute approximate surface area is 194 Å². The summed E-state index contributed by atoms with van der Waals surface area (Å²) in [4.78, 5) is 24.8. The number of allylic oxidation sites excluding steroid dienone is 2. The van der Waals surface area contributed by atoms with Crippen LogP contribution in [0, 0.1) is 0 Å². The van der Waals surface area contributed by atoms with E-state index in [0.29, 0.717) is 40.2 Å². The summed E-state index contributed by atoms with van der Waals surface area (Å²) >= 11 is 3.32. The summed E-state index contributed by atoms with van der Waals surface area (Å²) in [5.74, 6) is 0.197. The van der Waals surface area contributed by atoms with E-state index in [1.165, 1.54) is 19.3 Å². The average molecular weight is 493 g/mol. The summed E-state index contributed by atoms with van der Waals surface area (Å²) in [6.45, 7) is 3.68. The molecule has 1 N–H and O–H groups in total. The lowest BCUT2D eigenvalue weighted by Crippen LogP contribution is -2.08. The van der Waals surface area contributed by atoms with Crippen LogP contribution in [-0.4, -0.2) is 24.0 Å². The molecule has 0 saturated heterocycles. The second-order valence-corrected chi connectivity index (χ2v) is 7.75. The molecule has 0 unspecified atom stereocenters. The zero-order chi connectivity index (χ0) is 23.1. The van der Waals surface area contributed by atoms with E-state index in [2.05, 4.69) is 22.5 Å². The summed E-state index contributed by atoms with van der Waals surface area (Å²) in [7, 11) is 1.50. The highest BCUT2D eigenvalue weighted by Gasteiger charge is 2.11. The fraction of sp³-hybridized carbons (Fsp3) is 0.0769. The fourth-order valence-electron chi connectivity index (χ4n) is 2.96. The van der Waals surface area contributed by atoms with Crippen molar-refractivity contribution in [2.75, 3.05) is 7.11 Å². The van der Waals surface area contributed by atoms with Gasteiger partial charge in [-0.3, -0.25) is 4.79 Å². The fourth-order valence-corrected chi connectivity index (χ4v) is 3.22. The summed E-state index contributed by atoms with van der Waals surface area (Å²) in [5, 5.41) is 10.0. The molecule has 0 saturated carbocycles. The van der Waals surface area contributed by atoms with Crippen LogP contribution in [0.2, 0.25) is 0 Å². The van der Waals surface area contributed by atoms with E-state index in [4.69, 9.17) is 9.47 Å². The number of carbonyl (C=O) groups is 2. The lowest BCUT2D eigenvalue weighted by molar-refractivity contribution is 0.0734. The average Bonchev–Trinajstić information content (AvgIpc) is 2.80. The van der Waals surface area contributed by atoms with Crippen molar-refractivity contribution < 1.29 is 24.2 Å². The Morgan fingerprint density at radius 3 is 2.31 bits per heavy atom. The van der Waals surface area contributed by atoms with E-state index in [9.17, 15) is 14.7 Å². The third-order valence-corrected chi connectivity index (χ3v) is 5.17. The molecular formula is C26H21BrO5. The Bertz CT molecular complexity index is 1160. The molecule has 0 amide bonds. The number of phenols is 1. The summed E-state index contributed by atoms with van der Waals surface area (Å²) < 4.78 is 11.5. The Hall–Kier alpha value is -3.64. The Kier molecular flexibility index (Phi) is 7.63. The molecule has 0 aliphatic rings. The van der Waals surface area contributed by atoms with E-state index in [0.717, 1.165) is 4.47 Å². The Balaban J connectivity index is 1.71. The van der Waals surface area contributed by atoms with E-state index in [1.807, 2.05) is 0 Å². The van der Waals surface area contributed by atoms with Gasteiger partial charge in [-0.25, -0.2) is 4.79 Å². The van der Waals surface area contributed by atoms with Crippen molar-refractivity contribution in [3.63, 3.8) is 0 Å². The Morgan fingerprint density at radius 1 is 1.03 bits per heavy atom. The predicted octanol–water partition coefficient (Wildman–Crippen LogP) is 6.01. The number of ether oxygens (including phenoxy) is 2. The predicted molar refractivity (Wildman–Crippen MR) is 127 cm³/mol. The molecule has 0 aromatic heterocycles. The van der Waals surface area contributed by atoms with Gasteiger partial charge in [0.25, 0.3) is 0 Å². The van der Waals surface area contributed by atoms with Crippen LogP contribution in [0.4, 0.5) is 0 Å². The van der Waals surface area contributed by atoms with Crippen LogP contribution in [0.5, 0.6) is 17.2 Å². The molecule has 3 rings (SSSR count). The lowest BCUT2D eigenvalue weighted by atomic mass is 10.0. The molecule has 0 spiro atoms. The van der Waals surface area contributed by atoms with Gasteiger partial charge in [-0.05, 0) is 78.7 Å². The van der Waals surface area contributed by atoms with Gasteiger partial charge in [0.05, 0.1) is 12.7 Å². The number of esters is 1. The van der Waals surface area contributed by atoms with Gasteiger partial charge in [0.1, 0.15) is 17.2 Å². The molecule has 0 bridgehead atoms.